The van der Waals surface area contributed by atoms with Gasteiger partial charge < -0.3 is 10.1 Å². The van der Waals surface area contributed by atoms with Gasteiger partial charge in [-0.05, 0) is 43.4 Å². The standard InChI is InChI=1S/C14H19BrN2O3/c15-13-6-12(7-14(8-13)17(18)19)9-16-4-1-5-20-10-11-2-3-11/h6-8,11,16H,1-5,9-10H2. The van der Waals surface area contributed by atoms with Gasteiger partial charge >= 0.3 is 0 Å². The normalized spacial score (nSPS) is 14.4. The Labute approximate surface area is 127 Å². The molecule has 0 atom stereocenters. The molecule has 0 aliphatic heterocycles. The topological polar surface area (TPSA) is 64.4 Å². The zero-order chi connectivity index (χ0) is 14.4. The zero-order valence-corrected chi connectivity index (χ0v) is 12.9. The molecule has 20 heavy (non-hydrogen) atoms. The summed E-state index contributed by atoms with van der Waals surface area (Å²) in [5.41, 5.74) is 1.02. The second-order valence-electron chi connectivity index (χ2n) is 5.12. The number of rotatable bonds is 9. The van der Waals surface area contributed by atoms with Gasteiger partial charge in [0, 0.05) is 36.4 Å². The lowest BCUT2D eigenvalue weighted by Crippen LogP contribution is -2.16. The van der Waals surface area contributed by atoms with Crippen molar-refractivity contribution in [3.8, 4) is 0 Å². The Kier molecular flexibility index (Phi) is 5.94. The molecule has 0 amide bonds. The van der Waals surface area contributed by atoms with E-state index in [1.807, 2.05) is 6.07 Å². The molecule has 1 aliphatic rings. The van der Waals surface area contributed by atoms with Crippen molar-refractivity contribution in [1.29, 1.82) is 0 Å². The third-order valence-electron chi connectivity index (χ3n) is 3.17. The molecule has 1 N–H and O–H groups in total. The van der Waals surface area contributed by atoms with Crippen LogP contribution >= 0.6 is 15.9 Å². The SMILES string of the molecule is O=[N+]([O-])c1cc(Br)cc(CNCCCOCC2CC2)c1. The highest BCUT2D eigenvalue weighted by Crippen LogP contribution is 2.28. The summed E-state index contributed by atoms with van der Waals surface area (Å²) in [6.07, 6.45) is 3.60. The molecule has 0 heterocycles. The van der Waals surface area contributed by atoms with Crippen LogP contribution in [0, 0.1) is 16.0 Å². The highest BCUT2D eigenvalue weighted by molar-refractivity contribution is 9.10. The predicted molar refractivity (Wildman–Crippen MR) is 80.7 cm³/mol. The lowest BCUT2D eigenvalue weighted by molar-refractivity contribution is -0.385. The molecule has 1 saturated carbocycles. The minimum absolute atomic E-state index is 0.115. The number of halogens is 1. The number of nitrogens with zero attached hydrogens (tertiary/aromatic N) is 1. The first kappa shape index (κ1) is 15.4. The van der Waals surface area contributed by atoms with E-state index in [1.54, 1.807) is 6.07 Å². The molecule has 0 spiro atoms. The Balaban J connectivity index is 1.63. The molecule has 0 radical (unpaired) electrons. The maximum atomic E-state index is 10.8. The van der Waals surface area contributed by atoms with Gasteiger partial charge in [-0.1, -0.05) is 15.9 Å². The molecule has 6 heteroatoms. The number of non-ortho nitro benzene ring substituents is 1. The first-order valence-electron chi connectivity index (χ1n) is 6.87. The Morgan fingerprint density at radius 2 is 2.20 bits per heavy atom. The third-order valence-corrected chi connectivity index (χ3v) is 3.63. The monoisotopic (exact) mass is 342 g/mol. The van der Waals surface area contributed by atoms with E-state index in [0.29, 0.717) is 6.54 Å². The van der Waals surface area contributed by atoms with Gasteiger partial charge in [-0.15, -0.1) is 0 Å². The molecule has 1 aromatic rings. The molecule has 2 rings (SSSR count). The summed E-state index contributed by atoms with van der Waals surface area (Å²) in [6, 6.07) is 5.00. The van der Waals surface area contributed by atoms with E-state index < -0.39 is 0 Å². The molecular formula is C14H19BrN2O3. The molecule has 0 aromatic heterocycles. The predicted octanol–water partition coefficient (Wildman–Crippen LogP) is 3.26. The summed E-state index contributed by atoms with van der Waals surface area (Å²) in [5.74, 6) is 0.810. The summed E-state index contributed by atoms with van der Waals surface area (Å²) in [6.45, 7) is 3.16. The van der Waals surface area contributed by atoms with Crippen molar-refractivity contribution in [3.05, 3.63) is 38.3 Å². The van der Waals surface area contributed by atoms with Crippen LogP contribution in [0.5, 0.6) is 0 Å². The summed E-state index contributed by atoms with van der Waals surface area (Å²) in [7, 11) is 0. The van der Waals surface area contributed by atoms with Crippen LogP contribution in [-0.2, 0) is 11.3 Å². The van der Waals surface area contributed by atoms with Crippen molar-refractivity contribution >= 4 is 21.6 Å². The Morgan fingerprint density at radius 1 is 1.40 bits per heavy atom. The number of hydrogen-bond acceptors (Lipinski definition) is 4. The van der Waals surface area contributed by atoms with Crippen molar-refractivity contribution in [2.45, 2.75) is 25.8 Å². The Hall–Kier alpha value is -0.980. The van der Waals surface area contributed by atoms with Crippen molar-refractivity contribution in [3.63, 3.8) is 0 Å². The van der Waals surface area contributed by atoms with E-state index in [9.17, 15) is 10.1 Å². The van der Waals surface area contributed by atoms with Crippen LogP contribution in [0.25, 0.3) is 0 Å². The number of nitro groups is 1. The van der Waals surface area contributed by atoms with Gasteiger partial charge in [0.25, 0.3) is 5.69 Å². The fourth-order valence-electron chi connectivity index (χ4n) is 1.91. The lowest BCUT2D eigenvalue weighted by atomic mass is 10.2. The van der Waals surface area contributed by atoms with Crippen LogP contribution < -0.4 is 5.32 Å². The number of benzene rings is 1. The molecule has 110 valence electrons. The van der Waals surface area contributed by atoms with Gasteiger partial charge in [0.15, 0.2) is 0 Å². The first-order chi connectivity index (χ1) is 9.65. The van der Waals surface area contributed by atoms with Gasteiger partial charge in [-0.3, -0.25) is 10.1 Å². The van der Waals surface area contributed by atoms with E-state index in [-0.39, 0.29) is 10.6 Å². The van der Waals surface area contributed by atoms with Crippen LogP contribution in [0.4, 0.5) is 5.69 Å². The Bertz CT molecular complexity index is 464. The van der Waals surface area contributed by atoms with Gasteiger partial charge in [0.2, 0.25) is 0 Å². The average Bonchev–Trinajstić information content (AvgIpc) is 3.21. The number of nitro benzene ring substituents is 1. The molecule has 0 bridgehead atoms. The molecule has 1 aromatic carbocycles. The van der Waals surface area contributed by atoms with Crippen LogP contribution in [-0.4, -0.2) is 24.7 Å². The smallest absolute Gasteiger partial charge is 0.270 e. The number of hydrogen-bond donors (Lipinski definition) is 1. The molecular weight excluding hydrogens is 324 g/mol. The average molecular weight is 343 g/mol. The highest BCUT2D eigenvalue weighted by Gasteiger charge is 2.20. The van der Waals surface area contributed by atoms with E-state index in [0.717, 1.165) is 42.1 Å². The summed E-state index contributed by atoms with van der Waals surface area (Å²) >= 11 is 3.29. The second-order valence-corrected chi connectivity index (χ2v) is 6.04. The minimum atomic E-state index is -0.375. The quantitative estimate of drug-likeness (QED) is 0.425. The first-order valence-corrected chi connectivity index (χ1v) is 7.67. The maximum Gasteiger partial charge on any atom is 0.270 e. The van der Waals surface area contributed by atoms with Crippen LogP contribution in [0.1, 0.15) is 24.8 Å². The van der Waals surface area contributed by atoms with Crippen molar-refractivity contribution in [2.24, 2.45) is 5.92 Å². The van der Waals surface area contributed by atoms with E-state index in [2.05, 4.69) is 21.2 Å². The van der Waals surface area contributed by atoms with Gasteiger partial charge in [0.05, 0.1) is 4.92 Å². The molecule has 1 aliphatic carbocycles. The van der Waals surface area contributed by atoms with Crippen molar-refractivity contribution in [1.82, 2.24) is 5.32 Å². The highest BCUT2D eigenvalue weighted by atomic mass is 79.9. The van der Waals surface area contributed by atoms with Gasteiger partial charge in [0.1, 0.15) is 0 Å². The van der Waals surface area contributed by atoms with Gasteiger partial charge in [-0.25, -0.2) is 0 Å². The van der Waals surface area contributed by atoms with E-state index >= 15 is 0 Å². The fraction of sp³-hybridized carbons (Fsp3) is 0.571. The van der Waals surface area contributed by atoms with Crippen LogP contribution in [0.3, 0.4) is 0 Å². The summed E-state index contributed by atoms with van der Waals surface area (Å²) in [4.78, 5) is 10.4. The lowest BCUT2D eigenvalue weighted by Gasteiger charge is -2.06. The maximum absolute atomic E-state index is 10.8. The van der Waals surface area contributed by atoms with E-state index in [4.69, 9.17) is 4.74 Å². The van der Waals surface area contributed by atoms with Crippen molar-refractivity contribution < 1.29 is 9.66 Å². The fourth-order valence-corrected chi connectivity index (χ4v) is 2.44. The number of nitrogens with one attached hydrogen (secondary N) is 1. The van der Waals surface area contributed by atoms with Crippen LogP contribution in [0.2, 0.25) is 0 Å². The zero-order valence-electron chi connectivity index (χ0n) is 11.3. The number of ether oxygens (including phenoxy) is 1. The Morgan fingerprint density at radius 3 is 2.90 bits per heavy atom. The summed E-state index contributed by atoms with van der Waals surface area (Å²) in [5, 5.41) is 14.0. The third kappa shape index (κ3) is 5.56. The molecule has 1 fully saturated rings. The molecule has 0 saturated heterocycles. The molecule has 0 unspecified atom stereocenters. The minimum Gasteiger partial charge on any atom is -0.381 e. The summed E-state index contributed by atoms with van der Waals surface area (Å²) < 4.78 is 6.28. The largest absolute Gasteiger partial charge is 0.381 e. The second kappa shape index (κ2) is 7.71. The van der Waals surface area contributed by atoms with Crippen molar-refractivity contribution in [2.75, 3.05) is 19.8 Å². The van der Waals surface area contributed by atoms with Crippen LogP contribution in [0.15, 0.2) is 22.7 Å². The van der Waals surface area contributed by atoms with E-state index in [1.165, 1.54) is 18.9 Å². The van der Waals surface area contributed by atoms with Gasteiger partial charge in [-0.2, -0.15) is 0 Å². The molecule has 5 nitrogen and oxygen atoms in total.